The predicted octanol–water partition coefficient (Wildman–Crippen LogP) is 1.93. The Labute approximate surface area is 108 Å². The lowest BCUT2D eigenvalue weighted by Crippen LogP contribution is -2.26. The van der Waals surface area contributed by atoms with E-state index in [2.05, 4.69) is 29.2 Å². The van der Waals surface area contributed by atoms with Crippen LogP contribution >= 0.6 is 0 Å². The number of esters is 1. The van der Waals surface area contributed by atoms with E-state index in [1.54, 1.807) is 0 Å². The van der Waals surface area contributed by atoms with E-state index in [1.807, 2.05) is 13.0 Å². The third kappa shape index (κ3) is 2.15. The Morgan fingerprint density at radius 1 is 1.28 bits per heavy atom. The minimum Gasteiger partial charge on any atom is -0.466 e. The van der Waals surface area contributed by atoms with E-state index in [9.17, 15) is 4.79 Å². The maximum atomic E-state index is 11.6. The summed E-state index contributed by atoms with van der Waals surface area (Å²) in [6.07, 6.45) is 0. The Hall–Kier alpha value is -1.35. The van der Waals surface area contributed by atoms with E-state index < -0.39 is 0 Å². The van der Waals surface area contributed by atoms with Gasteiger partial charge in [0.1, 0.15) is 0 Å². The largest absolute Gasteiger partial charge is 0.466 e. The van der Waals surface area contributed by atoms with E-state index >= 15 is 0 Å². The summed E-state index contributed by atoms with van der Waals surface area (Å²) in [5.74, 6) is 1.31. The van der Waals surface area contributed by atoms with Gasteiger partial charge in [0.15, 0.2) is 0 Å². The second-order valence-corrected chi connectivity index (χ2v) is 5.29. The number of rotatable bonds is 4. The molecule has 3 rings (SSSR count). The molecule has 1 aromatic rings. The van der Waals surface area contributed by atoms with Gasteiger partial charge in [-0.15, -0.1) is 0 Å². The van der Waals surface area contributed by atoms with E-state index in [0.717, 1.165) is 19.6 Å². The lowest BCUT2D eigenvalue weighted by molar-refractivity contribution is -0.145. The first-order valence-corrected chi connectivity index (χ1v) is 6.72. The van der Waals surface area contributed by atoms with Crippen molar-refractivity contribution >= 4 is 5.97 Å². The molecule has 1 saturated heterocycles. The number of hydrogen-bond donors (Lipinski definition) is 0. The Morgan fingerprint density at radius 2 is 1.94 bits per heavy atom. The molecule has 3 atom stereocenters. The van der Waals surface area contributed by atoms with Crippen molar-refractivity contribution in [1.29, 1.82) is 0 Å². The number of ether oxygens (including phenoxy) is 1. The van der Waals surface area contributed by atoms with Crippen LogP contribution in [0.3, 0.4) is 0 Å². The van der Waals surface area contributed by atoms with Crippen LogP contribution in [-0.2, 0) is 16.1 Å². The number of benzene rings is 1. The van der Waals surface area contributed by atoms with Crippen molar-refractivity contribution in [3.05, 3.63) is 35.9 Å². The van der Waals surface area contributed by atoms with Crippen molar-refractivity contribution in [3.8, 4) is 0 Å². The summed E-state index contributed by atoms with van der Waals surface area (Å²) in [7, 11) is 0. The Balaban J connectivity index is 1.51. The van der Waals surface area contributed by atoms with E-state index in [4.69, 9.17) is 4.74 Å². The van der Waals surface area contributed by atoms with Gasteiger partial charge in [-0.05, 0) is 24.3 Å². The monoisotopic (exact) mass is 245 g/mol. The average molecular weight is 245 g/mol. The molecule has 2 fully saturated rings. The van der Waals surface area contributed by atoms with Crippen molar-refractivity contribution < 1.29 is 9.53 Å². The molecular formula is C15H19NO2. The number of nitrogens with zero attached hydrogens (tertiary/aromatic N) is 1. The van der Waals surface area contributed by atoms with Gasteiger partial charge in [0.25, 0.3) is 0 Å². The lowest BCUT2D eigenvalue weighted by Gasteiger charge is -2.19. The second-order valence-electron chi connectivity index (χ2n) is 5.29. The van der Waals surface area contributed by atoms with Crippen molar-refractivity contribution in [2.24, 2.45) is 17.8 Å². The molecule has 0 bridgehead atoms. The molecule has 3 nitrogen and oxygen atoms in total. The van der Waals surface area contributed by atoms with Gasteiger partial charge in [0.05, 0.1) is 12.5 Å². The SMILES string of the molecule is CCOC(=O)C1[C@H]2CN(Cc3ccccc3)C[C@@H]12. The van der Waals surface area contributed by atoms with Crippen molar-refractivity contribution in [3.63, 3.8) is 0 Å². The molecule has 1 aliphatic carbocycles. The molecule has 0 aromatic heterocycles. The average Bonchev–Trinajstić information content (AvgIpc) is 2.88. The second kappa shape index (κ2) is 4.73. The molecule has 1 aromatic carbocycles. The first-order chi connectivity index (χ1) is 8.79. The molecule has 1 unspecified atom stereocenters. The highest BCUT2D eigenvalue weighted by Crippen LogP contribution is 2.52. The van der Waals surface area contributed by atoms with Crippen LogP contribution in [0.2, 0.25) is 0 Å². The Bertz CT molecular complexity index is 419. The fourth-order valence-electron chi connectivity index (χ4n) is 3.17. The first kappa shape index (κ1) is 11.7. The summed E-state index contributed by atoms with van der Waals surface area (Å²) < 4.78 is 5.10. The number of carbonyl (C=O) groups is 1. The standard InChI is InChI=1S/C15H19NO2/c1-2-18-15(17)14-12-9-16(10-13(12)14)8-11-6-4-3-5-7-11/h3-7,12-14H,2,8-10H2,1H3/t12-,13+,14?. The van der Waals surface area contributed by atoms with Crippen LogP contribution in [-0.4, -0.2) is 30.6 Å². The molecule has 0 N–H and O–H groups in total. The van der Waals surface area contributed by atoms with Crippen LogP contribution in [0.4, 0.5) is 0 Å². The number of likely N-dealkylation sites (tertiary alicyclic amines) is 1. The third-order valence-corrected chi connectivity index (χ3v) is 4.08. The number of carbonyl (C=O) groups excluding carboxylic acids is 1. The highest BCUT2D eigenvalue weighted by atomic mass is 16.5. The lowest BCUT2D eigenvalue weighted by atomic mass is 10.2. The third-order valence-electron chi connectivity index (χ3n) is 4.08. The smallest absolute Gasteiger partial charge is 0.309 e. The fraction of sp³-hybridized carbons (Fsp3) is 0.533. The molecule has 0 amide bonds. The molecule has 96 valence electrons. The molecule has 2 aliphatic rings. The fourth-order valence-corrected chi connectivity index (χ4v) is 3.17. The van der Waals surface area contributed by atoms with E-state index in [-0.39, 0.29) is 11.9 Å². The van der Waals surface area contributed by atoms with Crippen LogP contribution in [0.15, 0.2) is 30.3 Å². The van der Waals surface area contributed by atoms with Crippen molar-refractivity contribution in [2.75, 3.05) is 19.7 Å². The zero-order valence-electron chi connectivity index (χ0n) is 10.7. The highest BCUT2D eigenvalue weighted by Gasteiger charge is 2.59. The summed E-state index contributed by atoms with van der Waals surface area (Å²) >= 11 is 0. The van der Waals surface area contributed by atoms with Crippen LogP contribution in [0.1, 0.15) is 12.5 Å². The molecule has 18 heavy (non-hydrogen) atoms. The van der Waals surface area contributed by atoms with Gasteiger partial charge in [-0.25, -0.2) is 0 Å². The minimum atomic E-state index is 0.0202. The van der Waals surface area contributed by atoms with Gasteiger partial charge < -0.3 is 4.74 Å². The summed E-state index contributed by atoms with van der Waals surface area (Å²) in [6, 6.07) is 10.5. The summed E-state index contributed by atoms with van der Waals surface area (Å²) in [5.41, 5.74) is 1.35. The maximum Gasteiger partial charge on any atom is 0.309 e. The van der Waals surface area contributed by atoms with Crippen LogP contribution in [0.25, 0.3) is 0 Å². The van der Waals surface area contributed by atoms with E-state index in [0.29, 0.717) is 18.4 Å². The van der Waals surface area contributed by atoms with Crippen molar-refractivity contribution in [2.45, 2.75) is 13.5 Å². The quantitative estimate of drug-likeness (QED) is 0.759. The molecule has 1 heterocycles. The topological polar surface area (TPSA) is 29.5 Å². The number of hydrogen-bond acceptors (Lipinski definition) is 3. The number of piperidine rings is 1. The van der Waals surface area contributed by atoms with Crippen LogP contribution in [0, 0.1) is 17.8 Å². The minimum absolute atomic E-state index is 0.0202. The van der Waals surface area contributed by atoms with Gasteiger partial charge in [-0.1, -0.05) is 30.3 Å². The van der Waals surface area contributed by atoms with Crippen molar-refractivity contribution in [1.82, 2.24) is 4.90 Å². The molecule has 3 heteroatoms. The number of fused-ring (bicyclic) bond motifs is 1. The maximum absolute atomic E-state index is 11.6. The molecule has 1 aliphatic heterocycles. The Kier molecular flexibility index (Phi) is 3.08. The van der Waals surface area contributed by atoms with Gasteiger partial charge in [-0.3, -0.25) is 9.69 Å². The van der Waals surface area contributed by atoms with Crippen LogP contribution < -0.4 is 0 Å². The summed E-state index contributed by atoms with van der Waals surface area (Å²) in [4.78, 5) is 14.1. The zero-order chi connectivity index (χ0) is 12.5. The van der Waals surface area contributed by atoms with Gasteiger partial charge in [0, 0.05) is 19.6 Å². The summed E-state index contributed by atoms with van der Waals surface area (Å²) in [6.45, 7) is 5.47. The van der Waals surface area contributed by atoms with Gasteiger partial charge >= 0.3 is 5.97 Å². The first-order valence-electron chi connectivity index (χ1n) is 6.72. The molecule has 1 saturated carbocycles. The highest BCUT2D eigenvalue weighted by molar-refractivity contribution is 5.77. The van der Waals surface area contributed by atoms with Crippen LogP contribution in [0.5, 0.6) is 0 Å². The Morgan fingerprint density at radius 3 is 2.56 bits per heavy atom. The molecule has 0 spiro atoms. The zero-order valence-corrected chi connectivity index (χ0v) is 10.7. The van der Waals surface area contributed by atoms with E-state index in [1.165, 1.54) is 5.56 Å². The molecular weight excluding hydrogens is 226 g/mol. The summed E-state index contributed by atoms with van der Waals surface area (Å²) in [5, 5.41) is 0. The normalized spacial score (nSPS) is 29.9. The van der Waals surface area contributed by atoms with Gasteiger partial charge in [-0.2, -0.15) is 0 Å². The molecule has 0 radical (unpaired) electrons. The predicted molar refractivity (Wildman–Crippen MR) is 68.8 cm³/mol. The van der Waals surface area contributed by atoms with Gasteiger partial charge in [0.2, 0.25) is 0 Å².